The zero-order chi connectivity index (χ0) is 30.8. The van der Waals surface area contributed by atoms with Crippen molar-refractivity contribution in [3.05, 3.63) is 113 Å². The van der Waals surface area contributed by atoms with Crippen LogP contribution >= 0.6 is 0 Å². The molecular weight excluding hydrogens is 564 g/mol. The molecule has 0 aromatic heterocycles. The van der Waals surface area contributed by atoms with Crippen LogP contribution in [0.3, 0.4) is 0 Å². The monoisotopic (exact) mass is 596 g/mol. The lowest BCUT2D eigenvalue weighted by atomic mass is 9.97. The number of halogens is 4. The Morgan fingerprint density at radius 2 is 1.60 bits per heavy atom. The first-order valence-corrected chi connectivity index (χ1v) is 13.6. The molecule has 0 saturated heterocycles. The molecule has 0 spiro atoms. The predicted octanol–water partition coefficient (Wildman–Crippen LogP) is 7.08. The molecule has 226 valence electrons. The van der Waals surface area contributed by atoms with Gasteiger partial charge in [0.25, 0.3) is 0 Å². The molecule has 0 saturated carbocycles. The number of carbonyl (C=O) groups is 1. The topological polar surface area (TPSA) is 68.8 Å². The van der Waals surface area contributed by atoms with Crippen molar-refractivity contribution >= 4 is 5.91 Å². The van der Waals surface area contributed by atoms with Crippen molar-refractivity contribution in [3.63, 3.8) is 0 Å². The van der Waals surface area contributed by atoms with Crippen LogP contribution in [0.4, 0.5) is 17.6 Å². The molecule has 10 heteroatoms. The highest BCUT2D eigenvalue weighted by Crippen LogP contribution is 2.30. The highest BCUT2D eigenvalue weighted by atomic mass is 19.4. The second kappa shape index (κ2) is 14.6. The maximum absolute atomic E-state index is 14.0. The Kier molecular flexibility index (Phi) is 10.6. The Balaban J connectivity index is 1.50. The van der Waals surface area contributed by atoms with Gasteiger partial charge in [-0.05, 0) is 52.9 Å². The van der Waals surface area contributed by atoms with Crippen molar-refractivity contribution in [2.75, 3.05) is 13.1 Å². The zero-order valence-electron chi connectivity index (χ0n) is 23.8. The number of benzene rings is 4. The van der Waals surface area contributed by atoms with Gasteiger partial charge in [-0.3, -0.25) is 4.79 Å². The molecule has 0 aliphatic rings. The van der Waals surface area contributed by atoms with Crippen molar-refractivity contribution in [2.24, 2.45) is 0 Å². The summed E-state index contributed by atoms with van der Waals surface area (Å²) in [6.07, 6.45) is -4.95. The van der Waals surface area contributed by atoms with E-state index in [-0.39, 0.29) is 18.1 Å². The lowest BCUT2D eigenvalue weighted by molar-refractivity contribution is -0.274. The van der Waals surface area contributed by atoms with Crippen LogP contribution in [0, 0.1) is 12.7 Å². The van der Waals surface area contributed by atoms with E-state index in [1.165, 1.54) is 6.92 Å². The zero-order valence-corrected chi connectivity index (χ0v) is 23.8. The van der Waals surface area contributed by atoms with Crippen molar-refractivity contribution in [3.8, 4) is 28.4 Å². The summed E-state index contributed by atoms with van der Waals surface area (Å²) in [5.41, 5.74) is 5.20. The van der Waals surface area contributed by atoms with Crippen molar-refractivity contribution in [1.29, 1.82) is 0 Å². The summed E-state index contributed by atoms with van der Waals surface area (Å²) in [6.45, 7) is 4.85. The Morgan fingerprint density at radius 1 is 0.814 bits per heavy atom. The molecule has 1 amide bonds. The summed E-state index contributed by atoms with van der Waals surface area (Å²) in [6, 6.07) is 24.2. The molecule has 0 atom stereocenters. The van der Waals surface area contributed by atoms with Crippen molar-refractivity contribution in [2.45, 2.75) is 40.0 Å². The average molecular weight is 597 g/mol. The molecule has 2 N–H and O–H groups in total. The van der Waals surface area contributed by atoms with Gasteiger partial charge in [0.15, 0.2) is 0 Å². The number of ether oxygens (including phenoxy) is 3. The number of hydrogen-bond donors (Lipinski definition) is 2. The van der Waals surface area contributed by atoms with Crippen LogP contribution in [-0.4, -0.2) is 25.4 Å². The first kappa shape index (κ1) is 31.4. The van der Waals surface area contributed by atoms with Crippen LogP contribution in [0.25, 0.3) is 11.1 Å². The molecule has 0 heterocycles. The van der Waals surface area contributed by atoms with Crippen molar-refractivity contribution in [1.82, 2.24) is 10.6 Å². The molecule has 4 aromatic rings. The van der Waals surface area contributed by atoms with Crippen LogP contribution in [0.5, 0.6) is 17.2 Å². The quantitative estimate of drug-likeness (QED) is 0.128. The minimum atomic E-state index is -4.95. The second-order valence-corrected chi connectivity index (χ2v) is 9.81. The lowest BCUT2D eigenvalue weighted by Gasteiger charge is -2.17. The van der Waals surface area contributed by atoms with E-state index in [9.17, 15) is 22.4 Å². The summed E-state index contributed by atoms with van der Waals surface area (Å²) < 4.78 is 68.0. The molecule has 0 fully saturated rings. The van der Waals surface area contributed by atoms with Crippen LogP contribution < -0.4 is 24.8 Å². The fraction of sp³-hybridized carbons (Fsp3) is 0.242. The van der Waals surface area contributed by atoms with E-state index in [2.05, 4.69) is 33.6 Å². The fourth-order valence-electron chi connectivity index (χ4n) is 4.44. The third kappa shape index (κ3) is 9.75. The van der Waals surface area contributed by atoms with E-state index >= 15 is 0 Å². The summed E-state index contributed by atoms with van der Waals surface area (Å²) in [5, 5.41) is 5.91. The summed E-state index contributed by atoms with van der Waals surface area (Å²) >= 11 is 0. The molecule has 0 aliphatic heterocycles. The summed E-state index contributed by atoms with van der Waals surface area (Å²) in [4.78, 5) is 11.1. The summed E-state index contributed by atoms with van der Waals surface area (Å²) in [7, 11) is 0. The van der Waals surface area contributed by atoms with Gasteiger partial charge >= 0.3 is 6.36 Å². The minimum Gasteiger partial charge on any atom is -0.489 e. The van der Waals surface area contributed by atoms with Gasteiger partial charge in [-0.2, -0.15) is 0 Å². The molecule has 6 nitrogen and oxygen atoms in total. The number of carbonyl (C=O) groups excluding carboxylic acids is 1. The number of nitrogens with one attached hydrogen (secondary N) is 2. The van der Waals surface area contributed by atoms with Crippen LogP contribution in [0.15, 0.2) is 84.9 Å². The Hall–Kier alpha value is -4.57. The molecule has 0 bridgehead atoms. The number of amides is 1. The first-order valence-electron chi connectivity index (χ1n) is 13.6. The second-order valence-electron chi connectivity index (χ2n) is 9.81. The molecule has 4 aromatic carbocycles. The molecule has 4 rings (SSSR count). The van der Waals surface area contributed by atoms with Crippen molar-refractivity contribution < 1.29 is 36.6 Å². The first-order chi connectivity index (χ1) is 20.6. The molecule has 0 aliphatic carbocycles. The van der Waals surface area contributed by atoms with Gasteiger partial charge in [-0.15, -0.1) is 13.2 Å². The van der Waals surface area contributed by atoms with Gasteiger partial charge in [0, 0.05) is 44.3 Å². The van der Waals surface area contributed by atoms with E-state index in [0.29, 0.717) is 43.8 Å². The van der Waals surface area contributed by atoms with E-state index in [1.54, 1.807) is 12.1 Å². The van der Waals surface area contributed by atoms with E-state index < -0.39 is 17.9 Å². The normalized spacial score (nSPS) is 11.2. The highest BCUT2D eigenvalue weighted by molar-refractivity contribution is 5.72. The van der Waals surface area contributed by atoms with Crippen LogP contribution in [0.2, 0.25) is 0 Å². The SMILES string of the molecule is CC(=O)NCCNCc1ccc(OCc2cccc(-c3ccccc3)c2C)cc1OCc1cc(F)cc(OC(F)(F)F)c1. The number of alkyl halides is 3. The average Bonchev–Trinajstić information content (AvgIpc) is 2.95. The highest BCUT2D eigenvalue weighted by Gasteiger charge is 2.31. The van der Waals surface area contributed by atoms with Crippen LogP contribution in [0.1, 0.15) is 29.2 Å². The molecule has 0 radical (unpaired) electrons. The maximum Gasteiger partial charge on any atom is 0.573 e. The Labute approximate surface area is 247 Å². The number of rotatable bonds is 13. The van der Waals surface area contributed by atoms with Gasteiger partial charge in [0.1, 0.15) is 36.3 Å². The van der Waals surface area contributed by atoms with Gasteiger partial charge < -0.3 is 24.8 Å². The maximum atomic E-state index is 14.0. The summed E-state index contributed by atoms with van der Waals surface area (Å²) in [5.74, 6) is -0.772. The molecule has 0 unspecified atom stereocenters. The lowest BCUT2D eigenvalue weighted by Crippen LogP contribution is -2.30. The Morgan fingerprint density at radius 3 is 2.35 bits per heavy atom. The fourth-order valence-corrected chi connectivity index (χ4v) is 4.44. The third-order valence-corrected chi connectivity index (χ3v) is 6.51. The predicted molar refractivity (Wildman–Crippen MR) is 155 cm³/mol. The van der Waals surface area contributed by atoms with Crippen LogP contribution in [-0.2, 0) is 24.6 Å². The molecule has 43 heavy (non-hydrogen) atoms. The number of hydrogen-bond acceptors (Lipinski definition) is 5. The van der Waals surface area contributed by atoms with Gasteiger partial charge in [-0.25, -0.2) is 4.39 Å². The van der Waals surface area contributed by atoms with E-state index in [4.69, 9.17) is 9.47 Å². The van der Waals surface area contributed by atoms with E-state index in [1.807, 2.05) is 43.3 Å². The van der Waals surface area contributed by atoms with E-state index in [0.717, 1.165) is 39.9 Å². The van der Waals surface area contributed by atoms with Gasteiger partial charge in [0.05, 0.1) is 0 Å². The standard InChI is InChI=1S/C33H32F4N2O4/c1-22-27(9-6-10-31(22)25-7-4-3-5-8-25)21-41-29-12-11-26(19-38-13-14-39-23(2)40)32(18-29)42-20-24-15-28(34)17-30(16-24)43-33(35,36)37/h3-12,15-18,38H,13-14,19-21H2,1-2H3,(H,39,40). The Bertz CT molecular complexity index is 1530. The third-order valence-electron chi connectivity index (χ3n) is 6.51. The molecular formula is C33H32F4N2O4. The largest absolute Gasteiger partial charge is 0.573 e. The minimum absolute atomic E-state index is 0.138. The van der Waals surface area contributed by atoms with Gasteiger partial charge in [0.2, 0.25) is 5.91 Å². The van der Waals surface area contributed by atoms with Gasteiger partial charge in [-0.1, -0.05) is 54.6 Å². The smallest absolute Gasteiger partial charge is 0.489 e.